The molecule has 1 aromatic heterocycles. The van der Waals surface area contributed by atoms with E-state index >= 15 is 0 Å². The molecule has 1 heterocycles. The molecule has 4 nitrogen and oxygen atoms in total. The zero-order valence-electron chi connectivity index (χ0n) is 6.16. The largest absolute Gasteiger partial charge is 0.462 e. The number of esters is 1. The maximum atomic E-state index is 10.6. The Morgan fingerprint density at radius 3 is 3.09 bits per heavy atom. The summed E-state index contributed by atoms with van der Waals surface area (Å²) in [6.07, 6.45) is 0.112. The van der Waals surface area contributed by atoms with Gasteiger partial charge >= 0.3 is 5.97 Å². The van der Waals surface area contributed by atoms with Gasteiger partial charge < -0.3 is 9.26 Å². The van der Waals surface area contributed by atoms with Crippen LogP contribution in [-0.4, -0.2) is 11.1 Å². The molecule has 0 saturated heterocycles. The van der Waals surface area contributed by atoms with Gasteiger partial charge in [0.2, 0.25) is 0 Å². The minimum absolute atomic E-state index is 0.112. The van der Waals surface area contributed by atoms with E-state index in [9.17, 15) is 4.79 Å². The van der Waals surface area contributed by atoms with Crippen molar-refractivity contribution in [3.05, 3.63) is 24.6 Å². The van der Waals surface area contributed by atoms with E-state index in [4.69, 9.17) is 4.52 Å². The van der Waals surface area contributed by atoms with Gasteiger partial charge in [0.1, 0.15) is 12.9 Å². The molecule has 1 aromatic rings. The van der Waals surface area contributed by atoms with Crippen molar-refractivity contribution in [2.75, 3.05) is 0 Å². The lowest BCUT2D eigenvalue weighted by molar-refractivity contribution is -0.137. The van der Waals surface area contributed by atoms with Gasteiger partial charge in [-0.1, -0.05) is 5.16 Å². The van der Waals surface area contributed by atoms with Gasteiger partial charge in [-0.15, -0.1) is 0 Å². The van der Waals surface area contributed by atoms with Crippen LogP contribution in [0.1, 0.15) is 11.5 Å². The number of ether oxygens (including phenoxy) is 1. The summed E-state index contributed by atoms with van der Waals surface area (Å²) in [4.78, 5) is 10.6. The second-order valence-electron chi connectivity index (χ2n) is 2.12. The molecule has 0 fully saturated rings. The van der Waals surface area contributed by atoms with Crippen LogP contribution in [0.4, 0.5) is 0 Å². The molecule has 0 N–H and O–H groups in total. The van der Waals surface area contributed by atoms with Gasteiger partial charge in [0.15, 0.2) is 0 Å². The fourth-order valence-corrected chi connectivity index (χ4v) is 0.700. The highest BCUT2D eigenvalue weighted by Crippen LogP contribution is 2.02. The fourth-order valence-electron chi connectivity index (χ4n) is 0.700. The van der Waals surface area contributed by atoms with Crippen molar-refractivity contribution >= 4 is 5.97 Å². The Kier molecular flexibility index (Phi) is 2.25. The van der Waals surface area contributed by atoms with Crippen molar-refractivity contribution < 1.29 is 14.1 Å². The van der Waals surface area contributed by atoms with Crippen molar-refractivity contribution in [2.45, 2.75) is 13.3 Å². The molecule has 11 heavy (non-hydrogen) atoms. The topological polar surface area (TPSA) is 52.3 Å². The van der Waals surface area contributed by atoms with Gasteiger partial charge in [-0.2, -0.15) is 0 Å². The van der Waals surface area contributed by atoms with Crippen LogP contribution in [-0.2, 0) is 16.0 Å². The summed E-state index contributed by atoms with van der Waals surface area (Å²) < 4.78 is 8.92. The van der Waals surface area contributed by atoms with E-state index in [1.165, 1.54) is 0 Å². The van der Waals surface area contributed by atoms with Crippen LogP contribution in [0.2, 0.25) is 0 Å². The van der Waals surface area contributed by atoms with Crippen LogP contribution in [0.25, 0.3) is 0 Å². The van der Waals surface area contributed by atoms with Crippen molar-refractivity contribution in [1.29, 1.82) is 0 Å². The number of aryl methyl sites for hydroxylation is 1. The van der Waals surface area contributed by atoms with Gasteiger partial charge in [0.05, 0.1) is 12.1 Å². The smallest absolute Gasteiger partial charge is 0.312 e. The van der Waals surface area contributed by atoms with Crippen molar-refractivity contribution in [3.8, 4) is 0 Å². The summed E-state index contributed by atoms with van der Waals surface area (Å²) in [6, 6.07) is 1.68. The standard InChI is InChI=1S/C7H8NO3/c1-5-3-6(8-11-5)4-7(9)10-2/h3H,2,4H2,1H3. The molecular weight excluding hydrogens is 146 g/mol. The Morgan fingerprint density at radius 2 is 2.64 bits per heavy atom. The molecule has 0 aliphatic carbocycles. The Morgan fingerprint density at radius 1 is 1.91 bits per heavy atom. The Bertz CT molecular complexity index is 254. The summed E-state index contributed by atoms with van der Waals surface area (Å²) in [5.41, 5.74) is 0.566. The molecule has 0 unspecified atom stereocenters. The van der Waals surface area contributed by atoms with Crippen LogP contribution >= 0.6 is 0 Å². The highest BCUT2D eigenvalue weighted by Gasteiger charge is 2.06. The highest BCUT2D eigenvalue weighted by molar-refractivity contribution is 5.71. The lowest BCUT2D eigenvalue weighted by atomic mass is 10.3. The number of hydrogen-bond acceptors (Lipinski definition) is 4. The molecule has 0 amide bonds. The quantitative estimate of drug-likeness (QED) is 0.593. The Balaban J connectivity index is 2.57. The van der Waals surface area contributed by atoms with Crippen molar-refractivity contribution in [2.24, 2.45) is 0 Å². The molecule has 0 spiro atoms. The zero-order valence-corrected chi connectivity index (χ0v) is 6.16. The summed E-state index contributed by atoms with van der Waals surface area (Å²) in [6.45, 7) is 1.76. The Hall–Kier alpha value is -1.32. The van der Waals surface area contributed by atoms with Crippen LogP contribution in [0.15, 0.2) is 10.6 Å². The van der Waals surface area contributed by atoms with Crippen molar-refractivity contribution in [3.63, 3.8) is 0 Å². The number of carbonyl (C=O) groups excluding carboxylic acids is 1. The predicted molar refractivity (Wildman–Crippen MR) is 36.4 cm³/mol. The maximum Gasteiger partial charge on any atom is 0.312 e. The average Bonchev–Trinajstić information content (AvgIpc) is 2.35. The number of aromatic nitrogens is 1. The molecular formula is C7H8NO3. The molecule has 1 radical (unpaired) electrons. The molecule has 1 rings (SSSR count). The molecule has 59 valence electrons. The third-order valence-corrected chi connectivity index (χ3v) is 1.16. The first-order valence-corrected chi connectivity index (χ1v) is 3.09. The van der Waals surface area contributed by atoms with Gasteiger partial charge in [-0.3, -0.25) is 4.79 Å². The molecule has 0 atom stereocenters. The van der Waals surface area contributed by atoms with Crippen LogP contribution in [0.3, 0.4) is 0 Å². The van der Waals surface area contributed by atoms with Gasteiger partial charge in [-0.05, 0) is 6.92 Å². The zero-order chi connectivity index (χ0) is 8.27. The molecule has 0 bridgehead atoms. The average molecular weight is 154 g/mol. The molecule has 4 heteroatoms. The number of nitrogens with zero attached hydrogens (tertiary/aromatic N) is 1. The van der Waals surface area contributed by atoms with Crippen LogP contribution in [0, 0.1) is 14.0 Å². The van der Waals surface area contributed by atoms with Crippen LogP contribution < -0.4 is 0 Å². The molecule has 0 aliphatic rings. The first kappa shape index (κ1) is 7.78. The second kappa shape index (κ2) is 3.18. The number of hydrogen-bond donors (Lipinski definition) is 0. The molecule has 0 aromatic carbocycles. The van der Waals surface area contributed by atoms with E-state index in [0.29, 0.717) is 11.5 Å². The van der Waals surface area contributed by atoms with E-state index in [1.807, 2.05) is 0 Å². The first-order valence-electron chi connectivity index (χ1n) is 3.09. The van der Waals surface area contributed by atoms with E-state index in [0.717, 1.165) is 0 Å². The van der Waals surface area contributed by atoms with E-state index in [-0.39, 0.29) is 6.42 Å². The minimum Gasteiger partial charge on any atom is -0.462 e. The second-order valence-corrected chi connectivity index (χ2v) is 2.12. The number of carbonyl (C=O) groups is 1. The van der Waals surface area contributed by atoms with Crippen LogP contribution in [0.5, 0.6) is 0 Å². The Labute approximate surface area is 64.1 Å². The highest BCUT2D eigenvalue weighted by atomic mass is 16.5. The lowest BCUT2D eigenvalue weighted by Gasteiger charge is -1.91. The number of rotatable bonds is 2. The van der Waals surface area contributed by atoms with Gasteiger partial charge in [0, 0.05) is 6.07 Å². The fraction of sp³-hybridized carbons (Fsp3) is 0.286. The van der Waals surface area contributed by atoms with E-state index in [2.05, 4.69) is 17.0 Å². The maximum absolute atomic E-state index is 10.6. The SMILES string of the molecule is [CH2]OC(=O)Cc1cc(C)on1. The predicted octanol–water partition coefficient (Wildman–Crippen LogP) is 0.860. The minimum atomic E-state index is -0.418. The van der Waals surface area contributed by atoms with Gasteiger partial charge in [-0.25, -0.2) is 0 Å². The summed E-state index contributed by atoms with van der Waals surface area (Å²) in [5.74, 6) is 0.259. The van der Waals surface area contributed by atoms with Crippen molar-refractivity contribution in [1.82, 2.24) is 5.16 Å². The summed E-state index contributed by atoms with van der Waals surface area (Å²) in [7, 11) is 2.98. The third-order valence-electron chi connectivity index (χ3n) is 1.16. The van der Waals surface area contributed by atoms with Gasteiger partial charge in [0.25, 0.3) is 0 Å². The van der Waals surface area contributed by atoms with E-state index < -0.39 is 5.97 Å². The van der Waals surface area contributed by atoms with E-state index in [1.54, 1.807) is 13.0 Å². The molecule has 0 aliphatic heterocycles. The lowest BCUT2D eigenvalue weighted by Crippen LogP contribution is -2.02. The third kappa shape index (κ3) is 2.07. The summed E-state index contributed by atoms with van der Waals surface area (Å²) >= 11 is 0. The normalized spacial score (nSPS) is 9.64. The summed E-state index contributed by atoms with van der Waals surface area (Å²) in [5, 5.41) is 3.60. The molecule has 0 saturated carbocycles. The monoisotopic (exact) mass is 154 g/mol. The first-order chi connectivity index (χ1) is 5.22.